The molecule has 16 nitrogen and oxygen atoms in total. The average Bonchev–Trinajstić information content (AvgIpc) is 3.40. The first-order chi connectivity index (χ1) is 19.7. The molecular formula is C23H20ClN7O9S. The van der Waals surface area contributed by atoms with E-state index in [4.69, 9.17) is 21.1 Å². The van der Waals surface area contributed by atoms with Gasteiger partial charge in [0.05, 0.1) is 17.3 Å². The third kappa shape index (κ3) is 5.28. The number of nitrogens with zero attached hydrogens (tertiary/aromatic N) is 6. The Kier molecular flexibility index (Phi) is 7.80. The number of aromatic nitrogens is 5. The highest BCUT2D eigenvalue weighted by Gasteiger charge is 2.58. The summed E-state index contributed by atoms with van der Waals surface area (Å²) in [5.41, 5.74) is -1.34. The van der Waals surface area contributed by atoms with E-state index in [1.54, 1.807) is 30.3 Å². The van der Waals surface area contributed by atoms with Crippen LogP contribution in [0.15, 0.2) is 52.4 Å². The molecule has 2 amide bonds. The number of aryl methyl sites for hydroxylation is 1. The van der Waals surface area contributed by atoms with E-state index in [0.717, 1.165) is 25.7 Å². The zero-order valence-corrected chi connectivity index (χ0v) is 22.4. The van der Waals surface area contributed by atoms with Crippen LogP contribution in [-0.4, -0.2) is 98.9 Å². The lowest BCUT2D eigenvalue weighted by Gasteiger charge is -2.50. The molecule has 4 heterocycles. The number of ether oxygens (including phenoxy) is 2. The van der Waals surface area contributed by atoms with E-state index in [1.165, 1.54) is 0 Å². The third-order valence-corrected chi connectivity index (χ3v) is 7.83. The smallest absolute Gasteiger partial charge is 0.361 e. The van der Waals surface area contributed by atoms with Gasteiger partial charge in [0.1, 0.15) is 30.1 Å². The zero-order valence-electron chi connectivity index (χ0n) is 20.8. The van der Waals surface area contributed by atoms with Crippen molar-refractivity contribution in [3.8, 4) is 5.75 Å². The summed E-state index contributed by atoms with van der Waals surface area (Å²) in [6.07, 6.45) is 1.05. The predicted molar refractivity (Wildman–Crippen MR) is 138 cm³/mol. The van der Waals surface area contributed by atoms with E-state index in [1.807, 2.05) is 0 Å². The summed E-state index contributed by atoms with van der Waals surface area (Å²) >= 11 is 5.63. The van der Waals surface area contributed by atoms with E-state index in [0.29, 0.717) is 5.75 Å². The minimum absolute atomic E-state index is 0.0748. The molecule has 1 fully saturated rings. The standard InChI is InChI=1S/C23H20ClN7O9S/c24-6-7-30-23(37)29-11-25-15(18(29)27-28-30)22(36)40-8-12-10-41(38)20-16(19(33)31(20)17(12)21(34)35)26-14(32)9-39-13-4-2-1-3-5-13/h1-5,10-11,16-17,20H,6-9H2,(H,26,32)(H,34,35)/t16-,17?,20-,41?/m1/s1. The number of fused-ring (bicyclic) bond motifs is 2. The summed E-state index contributed by atoms with van der Waals surface area (Å²) < 4.78 is 25.4. The van der Waals surface area contributed by atoms with Crippen molar-refractivity contribution in [2.45, 2.75) is 24.0 Å². The van der Waals surface area contributed by atoms with E-state index >= 15 is 0 Å². The molecule has 1 saturated heterocycles. The maximum Gasteiger partial charge on any atom is 0.361 e. The first-order valence-electron chi connectivity index (χ1n) is 11.9. The van der Waals surface area contributed by atoms with Crippen molar-refractivity contribution in [1.29, 1.82) is 0 Å². The van der Waals surface area contributed by atoms with Crippen LogP contribution in [0.2, 0.25) is 0 Å². The van der Waals surface area contributed by atoms with Gasteiger partial charge in [-0.15, -0.1) is 16.7 Å². The molecule has 3 aromatic rings. The fourth-order valence-electron chi connectivity index (χ4n) is 4.29. The first kappa shape index (κ1) is 27.9. The monoisotopic (exact) mass is 605 g/mol. The number of imidazole rings is 1. The maximum atomic E-state index is 13.0. The van der Waals surface area contributed by atoms with E-state index in [9.17, 15) is 33.3 Å². The van der Waals surface area contributed by atoms with Crippen LogP contribution in [0.1, 0.15) is 10.5 Å². The molecule has 18 heteroatoms. The summed E-state index contributed by atoms with van der Waals surface area (Å²) in [5, 5.41) is 19.7. The number of carbonyl (C=O) groups excluding carboxylic acids is 3. The quantitative estimate of drug-likeness (QED) is 0.154. The molecule has 2 aromatic heterocycles. The molecule has 4 atom stereocenters. The fourth-order valence-corrected chi connectivity index (χ4v) is 5.99. The summed E-state index contributed by atoms with van der Waals surface area (Å²) in [6, 6.07) is 5.63. The molecule has 2 unspecified atom stereocenters. The van der Waals surface area contributed by atoms with Gasteiger partial charge in [0.2, 0.25) is 5.91 Å². The van der Waals surface area contributed by atoms with Gasteiger partial charge in [0, 0.05) is 16.9 Å². The molecule has 0 spiro atoms. The number of benzene rings is 1. The van der Waals surface area contributed by atoms with Crippen molar-refractivity contribution in [3.63, 3.8) is 0 Å². The summed E-state index contributed by atoms with van der Waals surface area (Å²) in [4.78, 5) is 67.1. The van der Waals surface area contributed by atoms with Crippen molar-refractivity contribution in [1.82, 2.24) is 34.6 Å². The Hall–Kier alpha value is -4.64. The Morgan fingerprint density at radius 2 is 1.93 bits per heavy atom. The molecule has 0 bridgehead atoms. The zero-order chi connectivity index (χ0) is 29.3. The Morgan fingerprint density at radius 3 is 2.63 bits per heavy atom. The van der Waals surface area contributed by atoms with Gasteiger partial charge in [0.15, 0.2) is 24.0 Å². The van der Waals surface area contributed by atoms with Gasteiger partial charge in [-0.2, -0.15) is 4.68 Å². The Bertz CT molecular complexity index is 1660. The number of β-lactam (4-membered cyclic amide) rings is 1. The minimum atomic E-state index is -1.95. The van der Waals surface area contributed by atoms with Gasteiger partial charge in [-0.1, -0.05) is 23.4 Å². The van der Waals surface area contributed by atoms with Crippen LogP contribution >= 0.6 is 11.6 Å². The molecule has 0 saturated carbocycles. The van der Waals surface area contributed by atoms with Crippen LogP contribution in [0.25, 0.3) is 5.65 Å². The Balaban J connectivity index is 1.27. The molecule has 0 radical (unpaired) electrons. The lowest BCUT2D eigenvalue weighted by Crippen LogP contribution is -2.76. The molecule has 2 N–H and O–H groups in total. The number of halogens is 1. The van der Waals surface area contributed by atoms with Gasteiger partial charge in [-0.3, -0.25) is 13.8 Å². The summed E-state index contributed by atoms with van der Waals surface area (Å²) in [6.45, 7) is -0.999. The van der Waals surface area contributed by atoms with Crippen LogP contribution in [0, 0.1) is 0 Å². The van der Waals surface area contributed by atoms with Gasteiger partial charge in [-0.05, 0) is 12.1 Å². The molecule has 2 aliphatic rings. The number of carboxylic acid groups (broad SMARTS) is 1. The number of aliphatic carboxylic acids is 1. The number of alkyl halides is 1. The number of hydrogen-bond donors (Lipinski definition) is 2. The molecule has 0 aliphatic carbocycles. The van der Waals surface area contributed by atoms with Gasteiger partial charge >= 0.3 is 17.6 Å². The van der Waals surface area contributed by atoms with Gasteiger partial charge in [-0.25, -0.2) is 23.8 Å². The van der Waals surface area contributed by atoms with Crippen LogP contribution in [0.4, 0.5) is 0 Å². The molecule has 41 heavy (non-hydrogen) atoms. The second-order valence-electron chi connectivity index (χ2n) is 8.69. The van der Waals surface area contributed by atoms with Gasteiger partial charge in [0.25, 0.3) is 5.91 Å². The van der Waals surface area contributed by atoms with Crippen LogP contribution in [0.3, 0.4) is 0 Å². The van der Waals surface area contributed by atoms with Crippen molar-refractivity contribution in [2.24, 2.45) is 0 Å². The molecule has 2 aliphatic heterocycles. The highest BCUT2D eigenvalue weighted by molar-refractivity contribution is 7.88. The number of amides is 2. The van der Waals surface area contributed by atoms with Crippen LogP contribution in [0.5, 0.6) is 5.75 Å². The molecule has 1 aromatic carbocycles. The topological polar surface area (TPSA) is 204 Å². The summed E-state index contributed by atoms with van der Waals surface area (Å²) in [7, 11) is -1.95. The maximum absolute atomic E-state index is 13.0. The molecular weight excluding hydrogens is 586 g/mol. The van der Waals surface area contributed by atoms with Crippen LogP contribution in [-0.2, 0) is 36.5 Å². The Morgan fingerprint density at radius 1 is 1.17 bits per heavy atom. The Labute approximate surface area is 236 Å². The number of carbonyl (C=O) groups is 4. The number of carboxylic acids is 1. The lowest BCUT2D eigenvalue weighted by molar-refractivity contribution is -0.160. The number of nitrogens with one attached hydrogen (secondary N) is 1. The highest BCUT2D eigenvalue weighted by atomic mass is 35.5. The first-order valence-corrected chi connectivity index (χ1v) is 13.7. The number of hydrogen-bond acceptors (Lipinski definition) is 11. The molecule has 214 valence electrons. The average molecular weight is 606 g/mol. The largest absolute Gasteiger partial charge is 0.484 e. The van der Waals surface area contributed by atoms with E-state index in [-0.39, 0.29) is 29.3 Å². The number of esters is 1. The third-order valence-electron chi connectivity index (χ3n) is 6.15. The molecule has 5 rings (SSSR count). The van der Waals surface area contributed by atoms with Crippen molar-refractivity contribution in [3.05, 3.63) is 63.8 Å². The summed E-state index contributed by atoms with van der Waals surface area (Å²) in [5.74, 6) is -3.43. The second kappa shape index (κ2) is 11.5. The van der Waals surface area contributed by atoms with Crippen LogP contribution < -0.4 is 15.7 Å². The van der Waals surface area contributed by atoms with Crippen molar-refractivity contribution >= 4 is 51.8 Å². The van der Waals surface area contributed by atoms with Gasteiger partial charge < -0.3 is 24.8 Å². The minimum Gasteiger partial charge on any atom is -0.484 e. The number of para-hydroxylation sites is 1. The highest BCUT2D eigenvalue weighted by Crippen LogP contribution is 2.34. The predicted octanol–water partition coefficient (Wildman–Crippen LogP) is -1.49. The SMILES string of the molecule is O=C(COc1ccccc1)N[C@@H]1C(=O)N2C(C(=O)O)C(COC(=O)c3ncn4c(=O)n(CCCl)nnc34)=CS(=O)[C@H]12. The lowest BCUT2D eigenvalue weighted by atomic mass is 9.98. The van der Waals surface area contributed by atoms with Crippen molar-refractivity contribution < 1.29 is 38.0 Å². The van der Waals surface area contributed by atoms with E-state index < -0.39 is 70.9 Å². The number of rotatable bonds is 10. The normalized spacial score (nSPS) is 21.4. The van der Waals surface area contributed by atoms with Crippen molar-refractivity contribution in [2.75, 3.05) is 19.1 Å². The fraction of sp³-hybridized carbons (Fsp3) is 0.304. The van der Waals surface area contributed by atoms with E-state index in [2.05, 4.69) is 20.6 Å². The second-order valence-corrected chi connectivity index (χ2v) is 10.4.